The van der Waals surface area contributed by atoms with E-state index < -0.39 is 5.97 Å². The summed E-state index contributed by atoms with van der Waals surface area (Å²) in [6, 6.07) is 0. The number of rotatable bonds is 13. The molecule has 1 aliphatic heterocycles. The van der Waals surface area contributed by atoms with Gasteiger partial charge in [0.15, 0.2) is 0 Å². The smallest absolute Gasteiger partial charge is 0.321 e. The van der Waals surface area contributed by atoms with Gasteiger partial charge in [0.25, 0.3) is 0 Å². The van der Waals surface area contributed by atoms with Crippen molar-refractivity contribution in [2.24, 2.45) is 11.8 Å². The lowest BCUT2D eigenvalue weighted by molar-refractivity contribution is -0.152. The summed E-state index contributed by atoms with van der Waals surface area (Å²) in [4.78, 5) is 22.2. The Morgan fingerprint density at radius 3 is 2.04 bits per heavy atom. The lowest BCUT2D eigenvalue weighted by Crippen LogP contribution is -2.03. The number of allylic oxidation sites excluding steroid dienone is 1. The third kappa shape index (κ3) is 10.3. The second kappa shape index (κ2) is 12.3. The van der Waals surface area contributed by atoms with Crippen LogP contribution in [0.15, 0.2) is 12.2 Å². The molecule has 0 spiro atoms. The first-order valence-electron chi connectivity index (χ1n) is 9.50. The highest BCUT2D eigenvalue weighted by atomic mass is 16.6. The van der Waals surface area contributed by atoms with E-state index in [4.69, 9.17) is 0 Å². The van der Waals surface area contributed by atoms with Crippen LogP contribution in [0.25, 0.3) is 0 Å². The number of cyclic esters (lactones) is 2. The molecule has 1 atom stereocenters. The Morgan fingerprint density at radius 2 is 1.52 bits per heavy atom. The third-order valence-electron chi connectivity index (χ3n) is 4.42. The van der Waals surface area contributed by atoms with E-state index >= 15 is 0 Å². The molecule has 1 aliphatic rings. The van der Waals surface area contributed by atoms with Gasteiger partial charge in [-0.25, -0.2) is 0 Å². The molecule has 23 heavy (non-hydrogen) atoms. The van der Waals surface area contributed by atoms with Gasteiger partial charge in [-0.15, -0.1) is 0 Å². The van der Waals surface area contributed by atoms with Gasteiger partial charge >= 0.3 is 11.9 Å². The maximum atomic E-state index is 11.3. The van der Waals surface area contributed by atoms with Gasteiger partial charge in [0.05, 0.1) is 12.3 Å². The molecule has 132 valence electrons. The van der Waals surface area contributed by atoms with Gasteiger partial charge < -0.3 is 4.74 Å². The molecule has 0 saturated carbocycles. The number of hydrogen-bond acceptors (Lipinski definition) is 3. The van der Waals surface area contributed by atoms with Crippen LogP contribution < -0.4 is 0 Å². The summed E-state index contributed by atoms with van der Waals surface area (Å²) in [5.74, 6) is -0.268. The van der Waals surface area contributed by atoms with Gasteiger partial charge in [-0.1, -0.05) is 83.8 Å². The largest absolute Gasteiger partial charge is 0.393 e. The van der Waals surface area contributed by atoms with Crippen LogP contribution in [-0.4, -0.2) is 11.9 Å². The summed E-state index contributed by atoms with van der Waals surface area (Å²) >= 11 is 0. The first kappa shape index (κ1) is 19.9. The fraction of sp³-hybridized carbons (Fsp3) is 0.800. The van der Waals surface area contributed by atoms with Crippen LogP contribution in [0.3, 0.4) is 0 Å². The number of hydrogen-bond donors (Lipinski definition) is 0. The Morgan fingerprint density at radius 1 is 0.957 bits per heavy atom. The van der Waals surface area contributed by atoms with Gasteiger partial charge in [0.1, 0.15) is 0 Å². The van der Waals surface area contributed by atoms with Crippen LogP contribution >= 0.6 is 0 Å². The standard InChI is InChI=1S/C20H34O3/c1-17(2)14-12-10-8-6-4-3-5-7-9-11-13-15-18-16-19(21)23-20(18)22/h13,15,17-18H,3-12,14,16H2,1-2H3. The summed E-state index contributed by atoms with van der Waals surface area (Å²) in [7, 11) is 0. The highest BCUT2D eigenvalue weighted by molar-refractivity contribution is 5.95. The highest BCUT2D eigenvalue weighted by Gasteiger charge is 2.30. The van der Waals surface area contributed by atoms with E-state index in [1.54, 1.807) is 0 Å². The lowest BCUT2D eigenvalue weighted by atomic mass is 10.0. The molecular formula is C20H34O3. The van der Waals surface area contributed by atoms with Crippen molar-refractivity contribution in [2.75, 3.05) is 0 Å². The second-order valence-electron chi connectivity index (χ2n) is 7.19. The van der Waals surface area contributed by atoms with E-state index in [9.17, 15) is 9.59 Å². The minimum Gasteiger partial charge on any atom is -0.393 e. The van der Waals surface area contributed by atoms with E-state index in [-0.39, 0.29) is 18.3 Å². The van der Waals surface area contributed by atoms with E-state index in [2.05, 4.69) is 18.6 Å². The van der Waals surface area contributed by atoms with Crippen molar-refractivity contribution < 1.29 is 14.3 Å². The van der Waals surface area contributed by atoms with E-state index in [1.807, 2.05) is 12.2 Å². The Kier molecular flexibility index (Phi) is 10.7. The molecule has 0 radical (unpaired) electrons. The minimum atomic E-state index is -0.395. The van der Waals surface area contributed by atoms with E-state index in [0.29, 0.717) is 0 Å². The van der Waals surface area contributed by atoms with Gasteiger partial charge in [-0.3, -0.25) is 9.59 Å². The first-order valence-corrected chi connectivity index (χ1v) is 9.50. The second-order valence-corrected chi connectivity index (χ2v) is 7.19. The predicted octanol–water partition coefficient (Wildman–Crippen LogP) is 5.58. The van der Waals surface area contributed by atoms with E-state index in [1.165, 1.54) is 64.2 Å². The average molecular weight is 322 g/mol. The molecule has 1 rings (SSSR count). The van der Waals surface area contributed by atoms with Crippen molar-refractivity contribution in [1.82, 2.24) is 0 Å². The summed E-state index contributed by atoms with van der Waals surface area (Å²) in [5, 5.41) is 0. The Bertz CT molecular complexity index is 371. The molecule has 1 heterocycles. The van der Waals surface area contributed by atoms with Crippen LogP contribution in [0.2, 0.25) is 0 Å². The van der Waals surface area contributed by atoms with E-state index in [0.717, 1.165) is 12.3 Å². The Balaban J connectivity index is 1.83. The third-order valence-corrected chi connectivity index (χ3v) is 4.42. The van der Waals surface area contributed by atoms with Crippen molar-refractivity contribution >= 4 is 11.9 Å². The molecule has 0 N–H and O–H groups in total. The van der Waals surface area contributed by atoms with Crippen molar-refractivity contribution in [2.45, 2.75) is 90.9 Å². The molecule has 0 aromatic heterocycles. The molecule has 1 unspecified atom stereocenters. The monoisotopic (exact) mass is 322 g/mol. The molecule has 3 heteroatoms. The molecular weight excluding hydrogens is 288 g/mol. The molecule has 0 aromatic carbocycles. The quantitative estimate of drug-likeness (QED) is 0.192. The van der Waals surface area contributed by atoms with Crippen LogP contribution in [0.1, 0.15) is 90.9 Å². The number of unbranched alkanes of at least 4 members (excludes halogenated alkanes) is 9. The van der Waals surface area contributed by atoms with Crippen LogP contribution in [0.5, 0.6) is 0 Å². The van der Waals surface area contributed by atoms with Crippen molar-refractivity contribution in [3.63, 3.8) is 0 Å². The van der Waals surface area contributed by atoms with Crippen molar-refractivity contribution in [1.29, 1.82) is 0 Å². The summed E-state index contributed by atoms with van der Waals surface area (Å²) in [5.41, 5.74) is 0. The fourth-order valence-electron chi connectivity index (χ4n) is 2.95. The number of carbonyl (C=O) groups is 2. The fourth-order valence-corrected chi connectivity index (χ4v) is 2.95. The lowest BCUT2D eigenvalue weighted by Gasteiger charge is -2.04. The zero-order valence-electron chi connectivity index (χ0n) is 15.0. The number of carbonyl (C=O) groups excluding carboxylic acids is 2. The SMILES string of the molecule is CC(C)CCCCCCCCCCCC=CC1CC(=O)OC1=O. The van der Waals surface area contributed by atoms with Gasteiger partial charge in [0, 0.05) is 0 Å². The maximum absolute atomic E-state index is 11.3. The molecule has 0 aliphatic carbocycles. The molecule has 0 aromatic rings. The molecule has 1 saturated heterocycles. The number of esters is 2. The van der Waals surface area contributed by atoms with Crippen molar-refractivity contribution in [3.05, 3.63) is 12.2 Å². The average Bonchev–Trinajstić information content (AvgIpc) is 2.81. The van der Waals surface area contributed by atoms with Gasteiger partial charge in [0.2, 0.25) is 0 Å². The number of ether oxygens (including phenoxy) is 1. The van der Waals surface area contributed by atoms with Crippen LogP contribution in [0.4, 0.5) is 0 Å². The summed E-state index contributed by atoms with van der Waals surface area (Å²) in [6.07, 6.45) is 18.5. The molecule has 3 nitrogen and oxygen atoms in total. The predicted molar refractivity (Wildman–Crippen MR) is 94.0 cm³/mol. The maximum Gasteiger partial charge on any atom is 0.321 e. The molecule has 0 bridgehead atoms. The van der Waals surface area contributed by atoms with Crippen LogP contribution in [-0.2, 0) is 14.3 Å². The normalized spacial score (nSPS) is 18.3. The first-order chi connectivity index (χ1) is 11.1. The minimum absolute atomic E-state index is 0.215. The zero-order chi connectivity index (χ0) is 16.9. The summed E-state index contributed by atoms with van der Waals surface area (Å²) in [6.45, 7) is 4.60. The highest BCUT2D eigenvalue weighted by Crippen LogP contribution is 2.18. The van der Waals surface area contributed by atoms with Crippen molar-refractivity contribution in [3.8, 4) is 0 Å². The molecule has 1 fully saturated rings. The van der Waals surface area contributed by atoms with Crippen LogP contribution in [0, 0.1) is 11.8 Å². The Labute approximate surface area is 141 Å². The van der Waals surface area contributed by atoms with Gasteiger partial charge in [-0.2, -0.15) is 0 Å². The summed E-state index contributed by atoms with van der Waals surface area (Å²) < 4.78 is 4.51. The Hall–Kier alpha value is -1.12. The molecule has 0 amide bonds. The topological polar surface area (TPSA) is 43.4 Å². The van der Waals surface area contributed by atoms with Gasteiger partial charge in [-0.05, 0) is 18.8 Å². The zero-order valence-corrected chi connectivity index (χ0v) is 15.0.